The number of nitrogens with one attached hydrogen (secondary N) is 1. The maximum absolute atomic E-state index is 12.0. The second-order valence-electron chi connectivity index (χ2n) is 5.82. The molecule has 0 aromatic rings. The molecule has 1 heterocycles. The van der Waals surface area contributed by atoms with Crippen LogP contribution in [0.4, 0.5) is 0 Å². The van der Waals surface area contributed by atoms with Crippen LogP contribution < -0.4 is 5.32 Å². The van der Waals surface area contributed by atoms with E-state index in [2.05, 4.69) is 5.32 Å². The predicted molar refractivity (Wildman–Crippen MR) is 67.3 cm³/mol. The molecule has 0 aromatic heterocycles. The summed E-state index contributed by atoms with van der Waals surface area (Å²) in [5, 5.41) is 11.7. The van der Waals surface area contributed by atoms with Crippen LogP contribution >= 0.6 is 0 Å². The van der Waals surface area contributed by atoms with Gasteiger partial charge >= 0.3 is 5.97 Å². The van der Waals surface area contributed by atoms with E-state index in [1.54, 1.807) is 11.9 Å². The summed E-state index contributed by atoms with van der Waals surface area (Å²) in [6.45, 7) is 0.864. The van der Waals surface area contributed by atoms with Gasteiger partial charge in [-0.1, -0.05) is 6.42 Å². The number of carbonyl (C=O) groups is 3. The summed E-state index contributed by atoms with van der Waals surface area (Å²) in [4.78, 5) is 35.7. The molecular weight excluding hydrogens is 248 g/mol. The standard InChI is InChI=1S/C13H20N2O4/c1-15-7-9(5-10(15)16)12(19)14-8-13(3-2-4-13)6-11(17)18/h9H,2-8H2,1H3,(H,14,19)(H,17,18). The Bertz CT molecular complexity index is 403. The van der Waals surface area contributed by atoms with Crippen molar-refractivity contribution in [2.45, 2.75) is 32.1 Å². The van der Waals surface area contributed by atoms with Crippen LogP contribution in [0.25, 0.3) is 0 Å². The Hall–Kier alpha value is -1.59. The van der Waals surface area contributed by atoms with Crippen molar-refractivity contribution in [1.29, 1.82) is 0 Å². The summed E-state index contributed by atoms with van der Waals surface area (Å²) in [5.41, 5.74) is -0.268. The number of rotatable bonds is 5. The lowest BCUT2D eigenvalue weighted by Gasteiger charge is -2.41. The molecule has 6 heteroatoms. The molecule has 0 radical (unpaired) electrons. The van der Waals surface area contributed by atoms with Gasteiger partial charge in [0.1, 0.15) is 0 Å². The Labute approximate surface area is 112 Å². The first-order valence-electron chi connectivity index (χ1n) is 6.65. The van der Waals surface area contributed by atoms with E-state index in [1.807, 2.05) is 0 Å². The van der Waals surface area contributed by atoms with Crippen LogP contribution in [0.15, 0.2) is 0 Å². The Morgan fingerprint density at radius 3 is 2.58 bits per heavy atom. The number of nitrogens with zero attached hydrogens (tertiary/aromatic N) is 1. The van der Waals surface area contributed by atoms with E-state index in [1.165, 1.54) is 0 Å². The van der Waals surface area contributed by atoms with Gasteiger partial charge in [0.25, 0.3) is 0 Å². The smallest absolute Gasteiger partial charge is 0.303 e. The van der Waals surface area contributed by atoms with Crippen molar-refractivity contribution < 1.29 is 19.5 Å². The van der Waals surface area contributed by atoms with Crippen molar-refractivity contribution in [2.75, 3.05) is 20.1 Å². The third-order valence-electron chi connectivity index (χ3n) is 4.29. The molecule has 1 atom stereocenters. The number of carbonyl (C=O) groups excluding carboxylic acids is 2. The lowest BCUT2D eigenvalue weighted by Crippen LogP contribution is -2.45. The van der Waals surface area contributed by atoms with Gasteiger partial charge in [-0.3, -0.25) is 14.4 Å². The number of carboxylic acids is 1. The van der Waals surface area contributed by atoms with Gasteiger partial charge in [0.15, 0.2) is 0 Å². The normalized spacial score (nSPS) is 25.0. The van der Waals surface area contributed by atoms with E-state index >= 15 is 0 Å². The number of likely N-dealkylation sites (tertiary alicyclic amines) is 1. The Morgan fingerprint density at radius 1 is 1.47 bits per heavy atom. The minimum absolute atomic E-state index is 0.0101. The van der Waals surface area contributed by atoms with Crippen LogP contribution in [-0.4, -0.2) is 47.9 Å². The van der Waals surface area contributed by atoms with Crippen LogP contribution in [0.3, 0.4) is 0 Å². The largest absolute Gasteiger partial charge is 0.481 e. The van der Waals surface area contributed by atoms with Crippen LogP contribution in [0.5, 0.6) is 0 Å². The highest BCUT2D eigenvalue weighted by molar-refractivity contribution is 5.89. The summed E-state index contributed by atoms with van der Waals surface area (Å²) < 4.78 is 0. The molecule has 1 saturated heterocycles. The number of aliphatic carboxylic acids is 1. The molecule has 1 aliphatic heterocycles. The highest BCUT2D eigenvalue weighted by Gasteiger charge is 2.40. The predicted octanol–water partition coefficient (Wildman–Crippen LogP) is 0.226. The van der Waals surface area contributed by atoms with Crippen molar-refractivity contribution in [1.82, 2.24) is 10.2 Å². The summed E-state index contributed by atoms with van der Waals surface area (Å²) in [6, 6.07) is 0. The second kappa shape index (κ2) is 5.19. The molecule has 2 N–H and O–H groups in total. The summed E-state index contributed by atoms with van der Waals surface area (Å²) in [7, 11) is 1.69. The first-order valence-corrected chi connectivity index (χ1v) is 6.65. The Morgan fingerprint density at radius 2 is 2.16 bits per heavy atom. The van der Waals surface area contributed by atoms with Gasteiger partial charge in [-0.25, -0.2) is 0 Å². The monoisotopic (exact) mass is 268 g/mol. The lowest BCUT2D eigenvalue weighted by molar-refractivity contribution is -0.142. The Balaban J connectivity index is 1.83. The fourth-order valence-electron chi connectivity index (χ4n) is 2.87. The molecule has 0 bridgehead atoms. The van der Waals surface area contributed by atoms with Crippen molar-refractivity contribution >= 4 is 17.8 Å². The van der Waals surface area contributed by atoms with Gasteiger partial charge in [0.2, 0.25) is 11.8 Å². The number of carboxylic acid groups (broad SMARTS) is 1. The van der Waals surface area contributed by atoms with Gasteiger partial charge in [-0.15, -0.1) is 0 Å². The van der Waals surface area contributed by atoms with Gasteiger partial charge < -0.3 is 15.3 Å². The summed E-state index contributed by atoms with van der Waals surface area (Å²) >= 11 is 0. The quantitative estimate of drug-likeness (QED) is 0.747. The summed E-state index contributed by atoms with van der Waals surface area (Å²) in [5.74, 6) is -1.25. The van der Waals surface area contributed by atoms with Crippen molar-refractivity contribution in [3.05, 3.63) is 0 Å². The number of hydrogen-bond acceptors (Lipinski definition) is 3. The van der Waals surface area contributed by atoms with Crippen LogP contribution in [-0.2, 0) is 14.4 Å². The topological polar surface area (TPSA) is 86.7 Å². The van der Waals surface area contributed by atoms with Gasteiger partial charge in [0.05, 0.1) is 12.3 Å². The maximum Gasteiger partial charge on any atom is 0.303 e. The van der Waals surface area contributed by atoms with E-state index in [9.17, 15) is 14.4 Å². The molecule has 19 heavy (non-hydrogen) atoms. The molecule has 0 aromatic carbocycles. The molecule has 2 rings (SSSR count). The zero-order chi connectivity index (χ0) is 14.0. The van der Waals surface area contributed by atoms with Crippen molar-refractivity contribution in [2.24, 2.45) is 11.3 Å². The zero-order valence-corrected chi connectivity index (χ0v) is 11.1. The lowest BCUT2D eigenvalue weighted by atomic mass is 9.66. The minimum Gasteiger partial charge on any atom is -0.481 e. The fourth-order valence-corrected chi connectivity index (χ4v) is 2.87. The van der Waals surface area contributed by atoms with Crippen LogP contribution in [0.1, 0.15) is 32.1 Å². The highest BCUT2D eigenvalue weighted by atomic mass is 16.4. The third-order valence-corrected chi connectivity index (χ3v) is 4.29. The molecule has 2 fully saturated rings. The van der Waals surface area contributed by atoms with Gasteiger partial charge in [-0.05, 0) is 18.3 Å². The van der Waals surface area contributed by atoms with E-state index in [0.29, 0.717) is 13.1 Å². The van der Waals surface area contributed by atoms with Crippen molar-refractivity contribution in [3.63, 3.8) is 0 Å². The van der Waals surface area contributed by atoms with E-state index in [4.69, 9.17) is 5.11 Å². The van der Waals surface area contributed by atoms with Gasteiger partial charge in [0, 0.05) is 26.6 Å². The Kier molecular flexibility index (Phi) is 3.78. The average molecular weight is 268 g/mol. The van der Waals surface area contributed by atoms with E-state index < -0.39 is 5.97 Å². The summed E-state index contributed by atoms with van der Waals surface area (Å²) in [6.07, 6.45) is 3.09. The molecule has 106 valence electrons. The molecule has 2 amide bonds. The molecule has 1 aliphatic carbocycles. The minimum atomic E-state index is -0.815. The van der Waals surface area contributed by atoms with Crippen LogP contribution in [0, 0.1) is 11.3 Å². The molecule has 1 saturated carbocycles. The third kappa shape index (κ3) is 3.05. The first-order chi connectivity index (χ1) is 8.92. The maximum atomic E-state index is 12.0. The molecule has 2 aliphatic rings. The molecular formula is C13H20N2O4. The SMILES string of the molecule is CN1CC(C(=O)NCC2(CC(=O)O)CCC2)CC1=O. The van der Waals surface area contributed by atoms with Crippen LogP contribution in [0.2, 0.25) is 0 Å². The molecule has 6 nitrogen and oxygen atoms in total. The average Bonchev–Trinajstić information content (AvgIpc) is 2.62. The molecule has 1 unspecified atom stereocenters. The number of amides is 2. The van der Waals surface area contributed by atoms with E-state index in [-0.39, 0.29) is 36.0 Å². The molecule has 0 spiro atoms. The van der Waals surface area contributed by atoms with E-state index in [0.717, 1.165) is 19.3 Å². The second-order valence-corrected chi connectivity index (χ2v) is 5.82. The zero-order valence-electron chi connectivity index (χ0n) is 11.1. The van der Waals surface area contributed by atoms with Crippen molar-refractivity contribution in [3.8, 4) is 0 Å². The number of hydrogen-bond donors (Lipinski definition) is 2. The highest BCUT2D eigenvalue weighted by Crippen LogP contribution is 2.43. The fraction of sp³-hybridized carbons (Fsp3) is 0.769. The first kappa shape index (κ1) is 13.8. The van der Waals surface area contributed by atoms with Gasteiger partial charge in [-0.2, -0.15) is 0 Å².